The fraction of sp³-hybridized carbons (Fsp3) is 0.882. The number of ether oxygens (including phenoxy) is 3. The molecule has 3 aliphatic heterocycles. The fourth-order valence-electron chi connectivity index (χ4n) is 7.07. The normalized spacial score (nSPS) is 44.4. The Hall–Kier alpha value is -0.640. The van der Waals surface area contributed by atoms with Gasteiger partial charge in [-0.05, 0) is 129 Å². The zero-order chi connectivity index (χ0) is 27.8. The van der Waals surface area contributed by atoms with E-state index in [1.54, 1.807) is 0 Å². The maximum absolute atomic E-state index is 7.10. The van der Waals surface area contributed by atoms with Crippen LogP contribution in [0.4, 0.5) is 0 Å². The second-order valence-electron chi connectivity index (χ2n) is 14.6. The van der Waals surface area contributed by atoms with Gasteiger partial charge in [0.15, 0.2) is 0 Å². The lowest BCUT2D eigenvalue weighted by atomic mass is 9.73. The maximum Gasteiger partial charge on any atom is 0.0922 e. The quantitative estimate of drug-likeness (QED) is 0.271. The molecule has 0 aromatic rings. The van der Waals surface area contributed by atoms with Gasteiger partial charge in [0.2, 0.25) is 0 Å². The molecule has 0 saturated carbocycles. The van der Waals surface area contributed by atoms with E-state index in [1.165, 1.54) is 24.0 Å². The van der Waals surface area contributed by atoms with Crippen molar-refractivity contribution in [1.29, 1.82) is 0 Å². The van der Waals surface area contributed by atoms with Crippen molar-refractivity contribution >= 4 is 0 Å². The molecule has 0 aliphatic carbocycles. The highest BCUT2D eigenvalue weighted by Crippen LogP contribution is 2.51. The van der Waals surface area contributed by atoms with Gasteiger partial charge in [-0.15, -0.1) is 0 Å². The summed E-state index contributed by atoms with van der Waals surface area (Å²) >= 11 is 0. The Morgan fingerprint density at radius 1 is 0.703 bits per heavy atom. The van der Waals surface area contributed by atoms with E-state index in [9.17, 15) is 0 Å². The second kappa shape index (κ2) is 11.5. The lowest BCUT2D eigenvalue weighted by molar-refractivity contribution is -0.271. The number of allylic oxidation sites excluding steroid dienone is 2. The highest BCUT2D eigenvalue weighted by Gasteiger charge is 2.55. The van der Waals surface area contributed by atoms with Gasteiger partial charge in [-0.3, -0.25) is 0 Å². The van der Waals surface area contributed by atoms with Crippen LogP contribution in [0.5, 0.6) is 0 Å². The molecule has 10 atom stereocenters. The highest BCUT2D eigenvalue weighted by atomic mass is 16.6. The summed E-state index contributed by atoms with van der Waals surface area (Å²) in [6, 6.07) is 0. The largest absolute Gasteiger partial charge is 0.369 e. The summed E-state index contributed by atoms with van der Waals surface area (Å²) in [4.78, 5) is 0. The third kappa shape index (κ3) is 6.75. The van der Waals surface area contributed by atoms with E-state index in [-0.39, 0.29) is 34.6 Å². The van der Waals surface area contributed by atoms with E-state index in [1.807, 2.05) is 0 Å². The van der Waals surface area contributed by atoms with Crippen LogP contribution in [0.1, 0.15) is 133 Å². The molecule has 3 fully saturated rings. The Balaban J connectivity index is 1.67. The van der Waals surface area contributed by atoms with Crippen LogP contribution < -0.4 is 0 Å². The van der Waals surface area contributed by atoms with Crippen LogP contribution in [0.2, 0.25) is 0 Å². The average molecular weight is 517 g/mol. The Morgan fingerprint density at radius 2 is 1.05 bits per heavy atom. The van der Waals surface area contributed by atoms with Crippen molar-refractivity contribution < 1.29 is 14.2 Å². The smallest absolute Gasteiger partial charge is 0.0922 e. The zero-order valence-corrected chi connectivity index (χ0v) is 26.2. The van der Waals surface area contributed by atoms with Crippen LogP contribution in [-0.4, -0.2) is 34.6 Å². The molecule has 0 N–H and O–H groups in total. The SMILES string of the molecule is C=C(C)C(C)CC[C@@]1(C)OC(C)([C@@H]2CC[C@H]([C@]3(C)CC[C@@H](C)[C@](C)(CCC(C)C(=C)C)O3)O2)CC[C@@H]1C. The van der Waals surface area contributed by atoms with Gasteiger partial charge in [-0.2, -0.15) is 0 Å². The van der Waals surface area contributed by atoms with Gasteiger partial charge in [-0.25, -0.2) is 0 Å². The monoisotopic (exact) mass is 516 g/mol. The first-order chi connectivity index (χ1) is 17.0. The van der Waals surface area contributed by atoms with Gasteiger partial charge >= 0.3 is 0 Å². The topological polar surface area (TPSA) is 27.7 Å². The third-order valence-corrected chi connectivity index (χ3v) is 11.4. The molecule has 3 unspecified atom stereocenters. The molecule has 3 aliphatic rings. The lowest BCUT2D eigenvalue weighted by Gasteiger charge is -2.53. The molecule has 3 nitrogen and oxygen atoms in total. The van der Waals surface area contributed by atoms with Crippen LogP contribution in [0.15, 0.2) is 24.3 Å². The Morgan fingerprint density at radius 3 is 1.38 bits per heavy atom. The van der Waals surface area contributed by atoms with Crippen molar-refractivity contribution in [3.63, 3.8) is 0 Å². The van der Waals surface area contributed by atoms with Crippen LogP contribution >= 0.6 is 0 Å². The number of rotatable bonds is 10. The minimum Gasteiger partial charge on any atom is -0.369 e. The molecule has 3 saturated heterocycles. The molecule has 0 aromatic carbocycles. The first-order valence-corrected chi connectivity index (χ1v) is 15.4. The summed E-state index contributed by atoms with van der Waals surface area (Å²) in [5, 5.41) is 0. The Labute approximate surface area is 230 Å². The van der Waals surface area contributed by atoms with Crippen molar-refractivity contribution in [2.24, 2.45) is 23.7 Å². The van der Waals surface area contributed by atoms with Gasteiger partial charge in [0.25, 0.3) is 0 Å². The Kier molecular flexibility index (Phi) is 9.57. The van der Waals surface area contributed by atoms with E-state index >= 15 is 0 Å². The zero-order valence-electron chi connectivity index (χ0n) is 26.2. The minimum absolute atomic E-state index is 0.114. The first kappa shape index (κ1) is 30.9. The molecule has 0 amide bonds. The number of hydrogen-bond donors (Lipinski definition) is 0. The molecule has 0 radical (unpaired) electrons. The Bertz CT molecular complexity index is 754. The summed E-state index contributed by atoms with van der Waals surface area (Å²) in [5.74, 6) is 2.17. The predicted molar refractivity (Wildman–Crippen MR) is 157 cm³/mol. The molecule has 0 spiro atoms. The van der Waals surface area contributed by atoms with E-state index in [2.05, 4.69) is 82.4 Å². The van der Waals surface area contributed by atoms with E-state index in [0.29, 0.717) is 23.7 Å². The van der Waals surface area contributed by atoms with E-state index < -0.39 is 0 Å². The van der Waals surface area contributed by atoms with Gasteiger partial charge in [0, 0.05) is 0 Å². The summed E-state index contributed by atoms with van der Waals surface area (Å²) in [6.07, 6.45) is 11.4. The van der Waals surface area contributed by atoms with Gasteiger partial charge in [0.05, 0.1) is 34.6 Å². The van der Waals surface area contributed by atoms with Gasteiger partial charge < -0.3 is 14.2 Å². The van der Waals surface area contributed by atoms with Crippen molar-refractivity contribution in [2.45, 2.75) is 168 Å². The van der Waals surface area contributed by atoms with Crippen LogP contribution in [0, 0.1) is 23.7 Å². The molecule has 3 heteroatoms. The highest BCUT2D eigenvalue weighted by molar-refractivity contribution is 5.05. The molecular weight excluding hydrogens is 456 g/mol. The number of hydrogen-bond acceptors (Lipinski definition) is 3. The molecule has 3 rings (SSSR count). The molecule has 0 bridgehead atoms. The van der Waals surface area contributed by atoms with Crippen molar-refractivity contribution in [1.82, 2.24) is 0 Å². The van der Waals surface area contributed by atoms with Crippen LogP contribution in [0.25, 0.3) is 0 Å². The maximum atomic E-state index is 7.10. The second-order valence-corrected chi connectivity index (χ2v) is 14.6. The average Bonchev–Trinajstić information content (AvgIpc) is 3.34. The summed E-state index contributed by atoms with van der Waals surface area (Å²) in [6.45, 7) is 31.3. The van der Waals surface area contributed by atoms with Gasteiger partial charge in [-0.1, -0.05) is 52.0 Å². The molecule has 0 aromatic heterocycles. The fourth-order valence-corrected chi connectivity index (χ4v) is 7.07. The molecule has 214 valence electrons. The molecule has 3 heterocycles. The predicted octanol–water partition coefficient (Wildman–Crippen LogP) is 9.45. The van der Waals surface area contributed by atoms with Crippen LogP contribution in [0.3, 0.4) is 0 Å². The lowest BCUT2D eigenvalue weighted by Crippen LogP contribution is -2.57. The minimum atomic E-state index is -0.235. The van der Waals surface area contributed by atoms with E-state index in [0.717, 1.165) is 51.4 Å². The summed E-state index contributed by atoms with van der Waals surface area (Å²) < 4.78 is 21.1. The van der Waals surface area contributed by atoms with Gasteiger partial charge in [0.1, 0.15) is 0 Å². The first-order valence-electron chi connectivity index (χ1n) is 15.4. The summed E-state index contributed by atoms with van der Waals surface area (Å²) in [5.41, 5.74) is 1.84. The third-order valence-electron chi connectivity index (χ3n) is 11.4. The van der Waals surface area contributed by atoms with E-state index in [4.69, 9.17) is 14.2 Å². The van der Waals surface area contributed by atoms with Crippen molar-refractivity contribution in [3.8, 4) is 0 Å². The molecule has 37 heavy (non-hydrogen) atoms. The van der Waals surface area contributed by atoms with Crippen molar-refractivity contribution in [3.05, 3.63) is 24.3 Å². The van der Waals surface area contributed by atoms with Crippen molar-refractivity contribution in [2.75, 3.05) is 0 Å². The van der Waals surface area contributed by atoms with Crippen LogP contribution in [-0.2, 0) is 14.2 Å². The standard InChI is InChI=1S/C34H60O3/c1-23(2)25(5)15-19-31(9)27(7)17-21-33(11,36-31)29-13-14-30(35-29)34(12)22-18-28(8)32(10,37-34)20-16-26(6)24(3)4/h25-30H,1,3,13-22H2,2,4-12H3/t25?,26?,27-,28+,29-,30+,31+,32-,33+,34?/m1/s1. The molecular formula is C34H60O3. The summed E-state index contributed by atoms with van der Waals surface area (Å²) in [7, 11) is 0.